The van der Waals surface area contributed by atoms with Gasteiger partial charge in [0.05, 0.1) is 5.92 Å². The summed E-state index contributed by atoms with van der Waals surface area (Å²) in [4.78, 5) is 9.70. The molecule has 0 saturated carbocycles. The van der Waals surface area contributed by atoms with Gasteiger partial charge in [-0.25, -0.2) is 0 Å². The topological polar surface area (TPSA) is 50.4 Å². The Morgan fingerprint density at radius 3 is 2.33 bits per heavy atom. The van der Waals surface area contributed by atoms with Gasteiger partial charge >= 0.3 is 5.97 Å². The van der Waals surface area contributed by atoms with Crippen molar-refractivity contribution in [3.8, 4) is 0 Å². The maximum Gasteiger partial charge on any atom is 0.305 e. The van der Waals surface area contributed by atoms with Crippen molar-refractivity contribution in [2.75, 3.05) is 0 Å². The van der Waals surface area contributed by atoms with Gasteiger partial charge in [-0.15, -0.1) is 0 Å². The van der Waals surface area contributed by atoms with E-state index < -0.39 is 5.97 Å². The van der Waals surface area contributed by atoms with Crippen LogP contribution in [0, 0.1) is 5.92 Å². The van der Waals surface area contributed by atoms with Gasteiger partial charge in [-0.1, -0.05) is 29.8 Å². The van der Waals surface area contributed by atoms with Crippen molar-refractivity contribution in [2.24, 2.45) is 5.92 Å². The van der Waals surface area contributed by atoms with Crippen LogP contribution < -0.4 is 0 Å². The van der Waals surface area contributed by atoms with Crippen molar-refractivity contribution in [3.63, 3.8) is 0 Å². The molecule has 0 radical (unpaired) electrons. The molecule has 2 aromatic heterocycles. The SMILES string of the molecule is BrCc1cc2ccc1o2.CC(C)C(=O)O. The first-order chi connectivity index (χ1) is 7.04. The average Bonchev–Trinajstić information content (AvgIpc) is 2.79. The molecule has 0 atom stereocenters. The van der Waals surface area contributed by atoms with E-state index in [-0.39, 0.29) is 5.92 Å². The largest absolute Gasteiger partial charge is 0.481 e. The lowest BCUT2D eigenvalue weighted by molar-refractivity contribution is -0.140. The van der Waals surface area contributed by atoms with Crippen LogP contribution in [0.2, 0.25) is 0 Å². The molecule has 0 saturated heterocycles. The molecule has 0 unspecified atom stereocenters. The number of fused-ring (bicyclic) bond motifs is 2. The average molecular weight is 273 g/mol. The van der Waals surface area contributed by atoms with E-state index in [0.29, 0.717) is 0 Å². The Kier molecular flexibility index (Phi) is 4.15. The smallest absolute Gasteiger partial charge is 0.305 e. The summed E-state index contributed by atoms with van der Waals surface area (Å²) in [7, 11) is 0. The Bertz CT molecular complexity index is 419. The fourth-order valence-electron chi connectivity index (χ4n) is 0.950. The first-order valence-corrected chi connectivity index (χ1v) is 5.76. The Morgan fingerprint density at radius 1 is 1.53 bits per heavy atom. The minimum absolute atomic E-state index is 0.231. The molecule has 2 heterocycles. The number of hydrogen-bond acceptors (Lipinski definition) is 2. The number of carboxylic acid groups (broad SMARTS) is 1. The minimum atomic E-state index is -0.741. The second kappa shape index (κ2) is 5.16. The molecule has 0 aliphatic carbocycles. The number of carbonyl (C=O) groups is 1. The number of benzene rings is 1. The number of halogens is 1. The fourth-order valence-corrected chi connectivity index (χ4v) is 1.39. The van der Waals surface area contributed by atoms with Crippen LogP contribution in [0.3, 0.4) is 0 Å². The maximum atomic E-state index is 9.70. The summed E-state index contributed by atoms with van der Waals surface area (Å²) in [6.07, 6.45) is 0. The zero-order valence-electron chi connectivity index (χ0n) is 8.66. The van der Waals surface area contributed by atoms with Gasteiger partial charge in [0.25, 0.3) is 0 Å². The van der Waals surface area contributed by atoms with Crippen LogP contribution in [0.4, 0.5) is 0 Å². The zero-order valence-corrected chi connectivity index (χ0v) is 10.2. The number of alkyl halides is 1. The van der Waals surface area contributed by atoms with Crippen molar-refractivity contribution in [1.82, 2.24) is 0 Å². The van der Waals surface area contributed by atoms with E-state index in [0.717, 1.165) is 16.5 Å². The molecule has 15 heavy (non-hydrogen) atoms. The molecular weight excluding hydrogens is 260 g/mol. The van der Waals surface area contributed by atoms with Gasteiger partial charge in [0, 0.05) is 10.9 Å². The molecule has 0 fully saturated rings. The molecule has 2 aromatic rings. The number of furan rings is 2. The minimum Gasteiger partial charge on any atom is -0.481 e. The van der Waals surface area contributed by atoms with Gasteiger partial charge in [0.15, 0.2) is 0 Å². The highest BCUT2D eigenvalue weighted by Crippen LogP contribution is 2.23. The first-order valence-electron chi connectivity index (χ1n) is 4.64. The second-order valence-electron chi connectivity index (χ2n) is 3.50. The van der Waals surface area contributed by atoms with E-state index in [9.17, 15) is 4.79 Å². The highest BCUT2D eigenvalue weighted by atomic mass is 79.9. The molecule has 1 N–H and O–H groups in total. The molecule has 2 bridgehead atoms. The van der Waals surface area contributed by atoms with Crippen LogP contribution in [-0.4, -0.2) is 11.1 Å². The van der Waals surface area contributed by atoms with Crippen LogP contribution in [0.5, 0.6) is 0 Å². The summed E-state index contributed by atoms with van der Waals surface area (Å²) < 4.78 is 5.28. The summed E-state index contributed by atoms with van der Waals surface area (Å²) in [6.45, 7) is 3.28. The van der Waals surface area contributed by atoms with E-state index >= 15 is 0 Å². The number of hydrogen-bond donors (Lipinski definition) is 1. The zero-order chi connectivity index (χ0) is 11.4. The molecule has 82 valence electrons. The van der Waals surface area contributed by atoms with Crippen LogP contribution in [0.15, 0.2) is 22.6 Å². The van der Waals surface area contributed by atoms with Crippen LogP contribution in [-0.2, 0) is 10.1 Å². The molecule has 0 aromatic carbocycles. The molecule has 0 aliphatic rings. The molecule has 3 nitrogen and oxygen atoms in total. The van der Waals surface area contributed by atoms with Gasteiger partial charge in [-0.05, 0) is 18.2 Å². The Balaban J connectivity index is 0.000000167. The summed E-state index contributed by atoms with van der Waals surface area (Å²) in [5, 5.41) is 8.88. The molecule has 0 spiro atoms. The van der Waals surface area contributed by atoms with E-state index in [2.05, 4.69) is 15.9 Å². The lowest BCUT2D eigenvalue weighted by Crippen LogP contribution is -2.03. The van der Waals surface area contributed by atoms with Gasteiger partial charge in [0.2, 0.25) is 0 Å². The third kappa shape index (κ3) is 3.23. The summed E-state index contributed by atoms with van der Waals surface area (Å²) in [5.41, 5.74) is 3.22. The van der Waals surface area contributed by atoms with Crippen LogP contribution in [0.1, 0.15) is 19.4 Å². The molecule has 0 aliphatic heterocycles. The van der Waals surface area contributed by atoms with Crippen LogP contribution >= 0.6 is 15.9 Å². The summed E-state index contributed by atoms with van der Waals surface area (Å²) in [6, 6.07) is 6.01. The predicted octanol–water partition coefficient (Wildman–Crippen LogP) is 3.49. The highest BCUT2D eigenvalue weighted by molar-refractivity contribution is 9.08. The molecular formula is C11H13BrO3. The van der Waals surface area contributed by atoms with Gasteiger partial charge in [-0.3, -0.25) is 4.79 Å². The summed E-state index contributed by atoms with van der Waals surface area (Å²) >= 11 is 3.36. The number of rotatable bonds is 2. The first kappa shape index (κ1) is 12.0. The Labute approximate surface area is 96.5 Å². The van der Waals surface area contributed by atoms with E-state index in [1.54, 1.807) is 13.8 Å². The molecule has 4 heteroatoms. The van der Waals surface area contributed by atoms with Crippen molar-refractivity contribution in [2.45, 2.75) is 19.2 Å². The number of carboxylic acids is 1. The quantitative estimate of drug-likeness (QED) is 0.852. The molecule has 2 rings (SSSR count). The monoisotopic (exact) mass is 272 g/mol. The third-order valence-corrected chi connectivity index (χ3v) is 2.50. The molecule has 0 amide bonds. The summed E-state index contributed by atoms with van der Waals surface area (Å²) in [5.74, 6) is -0.972. The van der Waals surface area contributed by atoms with Gasteiger partial charge in [0.1, 0.15) is 11.2 Å². The fraction of sp³-hybridized carbons (Fsp3) is 0.364. The maximum absolute atomic E-state index is 9.70. The Morgan fingerprint density at radius 2 is 2.13 bits per heavy atom. The van der Waals surface area contributed by atoms with E-state index in [1.165, 1.54) is 5.56 Å². The van der Waals surface area contributed by atoms with Crippen molar-refractivity contribution >= 4 is 33.1 Å². The standard InChI is InChI=1S/C7H5BrO.C4H8O2/c8-4-5-3-6-1-2-7(5)9-6;1-3(2)4(5)6/h1-3H,4H2;3H,1-2H3,(H,5,6). The van der Waals surface area contributed by atoms with Crippen molar-refractivity contribution in [3.05, 3.63) is 23.8 Å². The lowest BCUT2D eigenvalue weighted by atomic mass is 10.2. The van der Waals surface area contributed by atoms with E-state index in [1.807, 2.05) is 18.2 Å². The van der Waals surface area contributed by atoms with Crippen LogP contribution in [0.25, 0.3) is 11.2 Å². The van der Waals surface area contributed by atoms with Gasteiger partial charge < -0.3 is 9.52 Å². The highest BCUT2D eigenvalue weighted by Gasteiger charge is 2.03. The number of aliphatic carboxylic acids is 1. The normalized spacial score (nSPS) is 10.4. The van der Waals surface area contributed by atoms with E-state index in [4.69, 9.17) is 9.52 Å². The van der Waals surface area contributed by atoms with Crippen molar-refractivity contribution in [1.29, 1.82) is 0 Å². The third-order valence-electron chi connectivity index (χ3n) is 1.90. The predicted molar refractivity (Wildman–Crippen MR) is 62.5 cm³/mol. The van der Waals surface area contributed by atoms with Gasteiger partial charge in [-0.2, -0.15) is 0 Å². The second-order valence-corrected chi connectivity index (χ2v) is 4.06. The lowest BCUT2D eigenvalue weighted by Gasteiger charge is -1.89. The van der Waals surface area contributed by atoms with Crippen molar-refractivity contribution < 1.29 is 14.3 Å². The Hall–Kier alpha value is -1.03.